The van der Waals surface area contributed by atoms with Gasteiger partial charge in [-0.05, 0) is 47.3 Å². The minimum Gasteiger partial charge on any atom is -0.356 e. The minimum absolute atomic E-state index is 0. The van der Waals surface area contributed by atoms with Gasteiger partial charge < -0.3 is 5.32 Å². The van der Waals surface area contributed by atoms with Gasteiger partial charge in [0.15, 0.2) is 2.74 Å². The van der Waals surface area contributed by atoms with Gasteiger partial charge >= 0.3 is 0 Å². The molecule has 264 valence electrons. The average molecular weight is 842 g/mol. The van der Waals surface area contributed by atoms with E-state index >= 15 is 0 Å². The fraction of sp³-hybridized carbons (Fsp3) is 0.952. The molecule has 34 radical (unpaired) electrons. The second-order valence-electron chi connectivity index (χ2n) is 14.9. The van der Waals surface area contributed by atoms with Gasteiger partial charge in [-0.15, -0.1) is 0 Å². The number of rotatable bonds is 29. The SMILES string of the molecule is C.C.CCCCCCCCCCCCC(=O)NCCCCC1SSC2(SS1)SS2.[B].[B][B]B(B([B])[B])B(B(B([B])[B])B([B])[B])B(B(B([B])[B])B([B])[B])B(B([B])[B])B([B])[B]. The van der Waals surface area contributed by atoms with Crippen molar-refractivity contribution >= 4 is 285 Å². The molecule has 59 heavy (non-hydrogen) atoms. The molecule has 1 spiro atoms. The Kier molecular flexibility index (Phi) is 42.4. The van der Waals surface area contributed by atoms with Gasteiger partial charge in [0.2, 0.25) is 5.91 Å². The molecule has 0 unspecified atom stereocenters. The Morgan fingerprint density at radius 1 is 0.542 bits per heavy atom. The van der Waals surface area contributed by atoms with Crippen LogP contribution in [0, 0.1) is 0 Å². The van der Waals surface area contributed by atoms with Gasteiger partial charge in [0.1, 0.15) is 0 Å². The summed E-state index contributed by atoms with van der Waals surface area (Å²) in [5, 5.41) is 3.10. The Morgan fingerprint density at radius 3 is 1.29 bits per heavy atom. The van der Waals surface area contributed by atoms with E-state index in [4.69, 9.17) is 116 Å². The number of hydrogen-bond donors (Lipinski definition) is 1. The van der Waals surface area contributed by atoms with Gasteiger partial charge in [0, 0.05) is 228 Å². The molecular formula is C21H43B30NOS6. The van der Waals surface area contributed by atoms with Crippen molar-refractivity contribution in [2.75, 3.05) is 6.54 Å². The van der Waals surface area contributed by atoms with Crippen LogP contribution < -0.4 is 5.32 Å². The first-order valence-corrected chi connectivity index (χ1v) is 26.5. The molecule has 2 rings (SSSR count). The van der Waals surface area contributed by atoms with Gasteiger partial charge in [-0.1, -0.05) is 123 Å². The summed E-state index contributed by atoms with van der Waals surface area (Å²) in [6.07, 6.45) is 5.68. The molecule has 0 aromatic rings. The lowest BCUT2D eigenvalue weighted by Gasteiger charge is -2.49. The van der Waals surface area contributed by atoms with E-state index in [-0.39, 0.29) is 29.2 Å². The second-order valence-corrected chi connectivity index (χ2v) is 24.6. The highest BCUT2D eigenvalue weighted by Gasteiger charge is 2.53. The van der Waals surface area contributed by atoms with E-state index in [1.54, 1.807) is 0 Å². The summed E-state index contributed by atoms with van der Waals surface area (Å²) in [5.41, 5.74) is 0. The van der Waals surface area contributed by atoms with E-state index in [1.807, 2.05) is 43.2 Å². The third-order valence-corrected chi connectivity index (χ3v) is 24.1. The molecule has 38 heteroatoms. The average Bonchev–Trinajstić information content (AvgIpc) is 3.87. The molecule has 2 heterocycles. The molecule has 2 fully saturated rings. The van der Waals surface area contributed by atoms with Crippen LogP contribution in [0.15, 0.2) is 0 Å². The molecule has 0 aromatic carbocycles. The van der Waals surface area contributed by atoms with Crippen molar-refractivity contribution in [2.24, 2.45) is 0 Å². The van der Waals surface area contributed by atoms with E-state index in [2.05, 4.69) is 33.8 Å². The van der Waals surface area contributed by atoms with Crippen LogP contribution in [0.3, 0.4) is 0 Å². The van der Waals surface area contributed by atoms with Crippen LogP contribution in [0.5, 0.6) is 0 Å². The fourth-order valence-corrected chi connectivity index (χ4v) is 20.8. The highest BCUT2D eigenvalue weighted by atomic mass is 33.2. The summed E-state index contributed by atoms with van der Waals surface area (Å²) >= 11 is 0. The second kappa shape index (κ2) is 37.5. The van der Waals surface area contributed by atoms with E-state index in [1.165, 1.54) is 77.7 Å². The summed E-state index contributed by atoms with van der Waals surface area (Å²) in [4.78, 5) is 11.9. The molecule has 1 amide bonds. The molecule has 0 bridgehead atoms. The summed E-state index contributed by atoms with van der Waals surface area (Å²) in [6.45, 7) is 3.13. The van der Waals surface area contributed by atoms with Crippen LogP contribution in [-0.2, 0) is 4.79 Å². The van der Waals surface area contributed by atoms with Crippen LogP contribution >= 0.6 is 64.8 Å². The number of unbranched alkanes of at least 4 members (excludes halogenated alkanes) is 10. The lowest BCUT2D eigenvalue weighted by Crippen LogP contribution is -2.87. The number of nitrogens with one attached hydrogen (secondary N) is 1. The third kappa shape index (κ3) is 26.6. The standard InChI is InChI=1S/C19H35NOS6.2CH4.B29.B/c1-2-3-4-5-6-7-8-9-10-11-14-17(21)20-16-13-12-15-18-22-24-19(25-23-18)26-27-19;;;1-16-24(17(2)3)28(25(18(4)5)19(6)7)29(26(20(8)9)21(10)11)27(22(12)13)23(14)15;/h18H,2-16H2,1H3,(H,20,21);2*1H4;;. The predicted molar refractivity (Wildman–Crippen MR) is 321 cm³/mol. The molecule has 2 saturated heterocycles. The minimum atomic E-state index is -1.03. The van der Waals surface area contributed by atoms with Gasteiger partial charge in [0.25, 0.3) is 0 Å². The number of carbonyl (C=O) groups is 1. The largest absolute Gasteiger partial charge is 0.356 e. The van der Waals surface area contributed by atoms with Crippen LogP contribution in [0.25, 0.3) is 0 Å². The first-order valence-electron chi connectivity index (χ1n) is 19.9. The predicted octanol–water partition coefficient (Wildman–Crippen LogP) is -1.46. The molecule has 2 aliphatic rings. The van der Waals surface area contributed by atoms with Crippen molar-refractivity contribution in [1.82, 2.24) is 5.32 Å². The molecule has 2 nitrogen and oxygen atoms in total. The Balaban J connectivity index is -0.00000101. The third-order valence-electron chi connectivity index (χ3n) is 10.2. The smallest absolute Gasteiger partial charge is 0.219 e. The first kappa shape index (κ1) is 66.8. The maximum Gasteiger partial charge on any atom is 0.219 e. The number of hydrogen-bond acceptors (Lipinski definition) is 7. The summed E-state index contributed by atoms with van der Waals surface area (Å²) in [7, 11) is 103. The van der Waals surface area contributed by atoms with Crippen LogP contribution in [0.1, 0.15) is 112 Å². The van der Waals surface area contributed by atoms with Crippen LogP contribution in [-0.4, -0.2) is 234 Å². The maximum absolute atomic E-state index is 11.9. The zero-order valence-electron chi connectivity index (χ0n) is 33.9. The van der Waals surface area contributed by atoms with Crippen molar-refractivity contribution in [1.29, 1.82) is 0 Å². The first-order chi connectivity index (χ1) is 26.4. The maximum atomic E-state index is 11.9. The molecule has 2 aliphatic heterocycles. The number of carbonyl (C=O) groups excluding carboxylic acids is 1. The quantitative estimate of drug-likeness (QED) is 0.0427. The lowest BCUT2D eigenvalue weighted by molar-refractivity contribution is -0.121. The van der Waals surface area contributed by atoms with Crippen LogP contribution in [0.2, 0.25) is 0 Å². The summed E-state index contributed by atoms with van der Waals surface area (Å²) in [6, 6.07) is 0. The molecule has 0 atom stereocenters. The molecule has 0 aliphatic carbocycles. The van der Waals surface area contributed by atoms with E-state index in [0.29, 0.717) is 2.74 Å². The van der Waals surface area contributed by atoms with Crippen molar-refractivity contribution < 1.29 is 4.79 Å². The Morgan fingerprint density at radius 2 is 0.932 bits per heavy atom. The zero-order chi connectivity index (χ0) is 42.4. The molecule has 0 aromatic heterocycles. The Bertz CT molecular complexity index is 979. The highest BCUT2D eigenvalue weighted by Crippen LogP contribution is 2.84. The van der Waals surface area contributed by atoms with Gasteiger partial charge in [-0.25, -0.2) is 0 Å². The van der Waals surface area contributed by atoms with Crippen molar-refractivity contribution in [3.8, 4) is 0 Å². The molecule has 1 N–H and O–H groups in total. The monoisotopic (exact) mass is 847 g/mol. The Labute approximate surface area is 416 Å². The zero-order valence-corrected chi connectivity index (χ0v) is 38.8. The Hall–Kier alpha value is 3.52. The van der Waals surface area contributed by atoms with E-state index in [9.17, 15) is 4.79 Å². The lowest BCUT2D eigenvalue weighted by atomic mass is 8.32. The summed E-state index contributed by atoms with van der Waals surface area (Å²) in [5.74, 6) is 0.256. The summed E-state index contributed by atoms with van der Waals surface area (Å²) < 4.78 is 1.14. The van der Waals surface area contributed by atoms with Crippen molar-refractivity contribution in [3.05, 3.63) is 0 Å². The fourth-order valence-electron chi connectivity index (χ4n) is 7.33. The van der Waals surface area contributed by atoms with Crippen molar-refractivity contribution in [2.45, 2.75) is 119 Å². The highest BCUT2D eigenvalue weighted by molar-refractivity contribution is 9.14. The topological polar surface area (TPSA) is 29.1 Å². The van der Waals surface area contributed by atoms with Gasteiger partial charge in [-0.3, -0.25) is 4.79 Å². The van der Waals surface area contributed by atoms with E-state index in [0.717, 1.165) is 30.4 Å². The van der Waals surface area contributed by atoms with E-state index < -0.39 is 83.0 Å². The van der Waals surface area contributed by atoms with Gasteiger partial charge in [-0.2, -0.15) is 0 Å². The molecular weight excluding hydrogens is 799 g/mol. The van der Waals surface area contributed by atoms with Gasteiger partial charge in [0.05, 0.1) is 4.58 Å². The normalized spacial score (nSPS) is 13.2. The number of amides is 1. The van der Waals surface area contributed by atoms with Crippen molar-refractivity contribution in [3.63, 3.8) is 0 Å². The molecule has 0 saturated carbocycles. The van der Waals surface area contributed by atoms with Crippen LogP contribution in [0.4, 0.5) is 0 Å².